The van der Waals surface area contributed by atoms with Crippen LogP contribution in [-0.4, -0.2) is 36.0 Å². The van der Waals surface area contributed by atoms with E-state index in [1.165, 1.54) is 0 Å². The summed E-state index contributed by atoms with van der Waals surface area (Å²) in [5.74, 6) is -1.04. The molecule has 0 aliphatic heterocycles. The van der Waals surface area contributed by atoms with Crippen LogP contribution < -0.4 is 15.8 Å². The minimum Gasteiger partial charge on any atom is -0.494 e. The number of hydrogen-bond acceptors (Lipinski definition) is 7. The Kier molecular flexibility index (Phi) is 7.30. The summed E-state index contributed by atoms with van der Waals surface area (Å²) in [6.45, 7) is 5.95. The number of ether oxygens (including phenoxy) is 2. The highest BCUT2D eigenvalue weighted by Gasteiger charge is 2.26. The predicted molar refractivity (Wildman–Crippen MR) is 140 cm³/mol. The number of benzene rings is 2. The van der Waals surface area contributed by atoms with Crippen molar-refractivity contribution in [2.75, 3.05) is 18.5 Å². The molecule has 0 fully saturated rings. The summed E-state index contributed by atoms with van der Waals surface area (Å²) in [4.78, 5) is 43.0. The van der Waals surface area contributed by atoms with Crippen LogP contribution in [0.1, 0.15) is 49.8 Å². The van der Waals surface area contributed by atoms with Gasteiger partial charge in [0.15, 0.2) is 0 Å². The van der Waals surface area contributed by atoms with E-state index < -0.39 is 17.8 Å². The van der Waals surface area contributed by atoms with E-state index in [-0.39, 0.29) is 22.0 Å². The highest BCUT2D eigenvalue weighted by molar-refractivity contribution is 7.18. The van der Waals surface area contributed by atoms with Gasteiger partial charge in [0.2, 0.25) is 0 Å². The van der Waals surface area contributed by atoms with Crippen LogP contribution in [0.2, 0.25) is 0 Å². The van der Waals surface area contributed by atoms with E-state index in [1.807, 2.05) is 49.4 Å². The number of nitrogens with zero attached hydrogens (tertiary/aromatic N) is 1. The molecule has 8 nitrogen and oxygen atoms in total. The monoisotopic (exact) mass is 503 g/mol. The SMILES string of the molecule is CCOC(=O)c1sc(NC(=O)c2cc(-c3ccc(OCC)cc3)nc3ccccc23)c(C(N)=O)c1C. The third kappa shape index (κ3) is 4.92. The van der Waals surface area contributed by atoms with Crippen LogP contribution in [0.15, 0.2) is 54.6 Å². The number of rotatable bonds is 8. The number of aromatic nitrogens is 1. The molecule has 184 valence electrons. The first-order valence-corrected chi connectivity index (χ1v) is 12.2. The number of carbonyl (C=O) groups excluding carboxylic acids is 3. The summed E-state index contributed by atoms with van der Waals surface area (Å²) < 4.78 is 10.6. The number of anilines is 1. The van der Waals surface area contributed by atoms with Crippen molar-refractivity contribution < 1.29 is 23.9 Å². The number of hydrogen-bond donors (Lipinski definition) is 2. The molecule has 2 aromatic heterocycles. The summed E-state index contributed by atoms with van der Waals surface area (Å²) in [6, 6.07) is 16.4. The van der Waals surface area contributed by atoms with E-state index in [0.717, 1.165) is 22.6 Å². The molecule has 0 spiro atoms. The molecule has 0 aliphatic carbocycles. The first-order valence-electron chi connectivity index (χ1n) is 11.4. The first kappa shape index (κ1) is 24.9. The highest BCUT2D eigenvalue weighted by atomic mass is 32.1. The summed E-state index contributed by atoms with van der Waals surface area (Å²) in [7, 11) is 0. The number of thiophene rings is 1. The molecule has 0 radical (unpaired) electrons. The Labute approximate surface area is 212 Å². The van der Waals surface area contributed by atoms with E-state index >= 15 is 0 Å². The van der Waals surface area contributed by atoms with E-state index in [4.69, 9.17) is 20.2 Å². The van der Waals surface area contributed by atoms with E-state index in [9.17, 15) is 14.4 Å². The molecule has 2 heterocycles. The van der Waals surface area contributed by atoms with Crippen LogP contribution in [0.3, 0.4) is 0 Å². The van der Waals surface area contributed by atoms with Gasteiger partial charge in [-0.25, -0.2) is 9.78 Å². The van der Waals surface area contributed by atoms with Crippen molar-refractivity contribution in [2.45, 2.75) is 20.8 Å². The lowest BCUT2D eigenvalue weighted by atomic mass is 10.0. The molecule has 36 heavy (non-hydrogen) atoms. The van der Waals surface area contributed by atoms with Gasteiger partial charge in [-0.15, -0.1) is 11.3 Å². The van der Waals surface area contributed by atoms with Gasteiger partial charge in [-0.2, -0.15) is 0 Å². The third-order valence-corrected chi connectivity index (χ3v) is 6.69. The average molecular weight is 504 g/mol. The largest absolute Gasteiger partial charge is 0.494 e. The van der Waals surface area contributed by atoms with Gasteiger partial charge in [0.05, 0.1) is 35.6 Å². The molecule has 4 rings (SSSR count). The lowest BCUT2D eigenvalue weighted by molar-refractivity contribution is 0.0531. The predicted octanol–water partition coefficient (Wildman–Crippen LogP) is 5.20. The van der Waals surface area contributed by atoms with Crippen LogP contribution in [0, 0.1) is 6.92 Å². The molecule has 0 unspecified atom stereocenters. The van der Waals surface area contributed by atoms with Crippen LogP contribution in [0.4, 0.5) is 5.00 Å². The van der Waals surface area contributed by atoms with Gasteiger partial charge >= 0.3 is 5.97 Å². The molecular weight excluding hydrogens is 478 g/mol. The molecule has 2 amide bonds. The second-order valence-corrected chi connectivity index (χ2v) is 8.85. The number of esters is 1. The summed E-state index contributed by atoms with van der Waals surface area (Å²) in [5, 5.41) is 3.62. The number of fused-ring (bicyclic) bond motifs is 1. The van der Waals surface area contributed by atoms with Crippen LogP contribution in [0.5, 0.6) is 5.75 Å². The van der Waals surface area contributed by atoms with Gasteiger partial charge in [-0.05, 0) is 62.7 Å². The van der Waals surface area contributed by atoms with Crippen LogP contribution >= 0.6 is 11.3 Å². The fraction of sp³-hybridized carbons (Fsp3) is 0.185. The minimum atomic E-state index is -0.746. The third-order valence-electron chi connectivity index (χ3n) is 5.50. The van der Waals surface area contributed by atoms with Gasteiger partial charge in [0, 0.05) is 10.9 Å². The standard InChI is InChI=1S/C27H25N3O5S/c1-4-34-17-12-10-16(11-13-17)21-14-19(18-8-6-7-9-20(18)29-21)25(32)30-26-22(24(28)31)15(3)23(36-26)27(33)35-5-2/h6-14H,4-5H2,1-3H3,(H2,28,31)(H,30,32). The first-order chi connectivity index (χ1) is 17.3. The van der Waals surface area contributed by atoms with Crippen LogP contribution in [0.25, 0.3) is 22.2 Å². The quantitative estimate of drug-likeness (QED) is 0.319. The second kappa shape index (κ2) is 10.6. The number of amides is 2. The molecular formula is C27H25N3O5S. The number of nitrogens with one attached hydrogen (secondary N) is 1. The zero-order valence-corrected chi connectivity index (χ0v) is 20.9. The average Bonchev–Trinajstić information content (AvgIpc) is 3.20. The summed E-state index contributed by atoms with van der Waals surface area (Å²) in [6.07, 6.45) is 0. The van der Waals surface area contributed by atoms with Gasteiger partial charge in [-0.3, -0.25) is 9.59 Å². The maximum atomic E-state index is 13.5. The van der Waals surface area contributed by atoms with Crippen molar-refractivity contribution >= 4 is 45.0 Å². The Morgan fingerprint density at radius 3 is 2.42 bits per heavy atom. The molecule has 0 saturated carbocycles. The zero-order chi connectivity index (χ0) is 25.8. The molecule has 3 N–H and O–H groups in total. The molecule has 9 heteroatoms. The van der Waals surface area contributed by atoms with Gasteiger partial charge < -0.3 is 20.5 Å². The molecule has 0 bridgehead atoms. The maximum Gasteiger partial charge on any atom is 0.348 e. The Morgan fingerprint density at radius 1 is 1.03 bits per heavy atom. The van der Waals surface area contributed by atoms with Crippen molar-refractivity contribution in [3.63, 3.8) is 0 Å². The highest BCUT2D eigenvalue weighted by Crippen LogP contribution is 2.34. The smallest absolute Gasteiger partial charge is 0.348 e. The Bertz CT molecular complexity index is 1460. The maximum absolute atomic E-state index is 13.5. The Morgan fingerprint density at radius 2 is 1.75 bits per heavy atom. The van der Waals surface area contributed by atoms with E-state index in [1.54, 1.807) is 26.0 Å². The molecule has 0 atom stereocenters. The van der Waals surface area contributed by atoms with Gasteiger partial charge in [0.25, 0.3) is 11.8 Å². The van der Waals surface area contributed by atoms with Gasteiger partial charge in [0.1, 0.15) is 15.6 Å². The molecule has 2 aromatic carbocycles. The number of nitrogens with two attached hydrogens (primary N) is 1. The van der Waals surface area contributed by atoms with E-state index in [0.29, 0.717) is 34.3 Å². The van der Waals surface area contributed by atoms with Crippen LogP contribution in [-0.2, 0) is 4.74 Å². The second-order valence-electron chi connectivity index (χ2n) is 7.83. The number of carbonyl (C=O) groups is 3. The van der Waals surface area contributed by atoms with Crippen molar-refractivity contribution in [1.29, 1.82) is 0 Å². The van der Waals surface area contributed by atoms with Crippen molar-refractivity contribution in [1.82, 2.24) is 4.98 Å². The fourth-order valence-corrected chi connectivity index (χ4v) is 4.96. The molecule has 4 aromatic rings. The Hall–Kier alpha value is -4.24. The lowest BCUT2D eigenvalue weighted by Gasteiger charge is -2.11. The summed E-state index contributed by atoms with van der Waals surface area (Å²) >= 11 is 0.961. The van der Waals surface area contributed by atoms with Gasteiger partial charge in [-0.1, -0.05) is 18.2 Å². The minimum absolute atomic E-state index is 0.0847. The van der Waals surface area contributed by atoms with Crippen molar-refractivity contribution in [3.05, 3.63) is 76.2 Å². The topological polar surface area (TPSA) is 121 Å². The lowest BCUT2D eigenvalue weighted by Crippen LogP contribution is -2.18. The van der Waals surface area contributed by atoms with E-state index in [2.05, 4.69) is 5.32 Å². The summed E-state index contributed by atoms with van der Waals surface area (Å²) in [5.41, 5.74) is 8.46. The number of primary amides is 1. The van der Waals surface area contributed by atoms with Crippen molar-refractivity contribution in [3.8, 4) is 17.0 Å². The normalized spacial score (nSPS) is 10.8. The number of para-hydroxylation sites is 1. The van der Waals surface area contributed by atoms with Crippen molar-refractivity contribution in [2.24, 2.45) is 5.73 Å². The Balaban J connectivity index is 1.76. The number of pyridine rings is 1. The fourth-order valence-electron chi connectivity index (χ4n) is 3.86. The molecule has 0 aliphatic rings. The molecule has 0 saturated heterocycles. The zero-order valence-electron chi connectivity index (χ0n) is 20.1.